The average Bonchev–Trinajstić information content (AvgIpc) is 2.88. The molecular formula is C17H22N2O4S. The summed E-state index contributed by atoms with van der Waals surface area (Å²) in [6.07, 6.45) is 0. The van der Waals surface area contributed by atoms with Gasteiger partial charge in [0.15, 0.2) is 9.84 Å². The highest BCUT2D eigenvalue weighted by atomic mass is 32.2. The molecule has 6 nitrogen and oxygen atoms in total. The molecule has 0 radical (unpaired) electrons. The summed E-state index contributed by atoms with van der Waals surface area (Å²) in [5.74, 6) is -0.536. The van der Waals surface area contributed by atoms with Crippen LogP contribution in [-0.2, 0) is 14.6 Å². The lowest BCUT2D eigenvalue weighted by atomic mass is 10.0. The van der Waals surface area contributed by atoms with Crippen LogP contribution in [0.15, 0.2) is 30.3 Å². The van der Waals surface area contributed by atoms with Crippen molar-refractivity contribution in [2.45, 2.75) is 25.9 Å². The number of benzene rings is 1. The third kappa shape index (κ3) is 3.05. The summed E-state index contributed by atoms with van der Waals surface area (Å²) in [6.45, 7) is 4.36. The number of hydrogen-bond acceptors (Lipinski definition) is 4. The molecule has 2 amide bonds. The number of hydrogen-bond donors (Lipinski definition) is 0. The Morgan fingerprint density at radius 3 is 2.12 bits per heavy atom. The SMILES string of the molecule is CC(C)C(=O)N1CCN(C(=O)c2ccccc2)[C@H]2CS(=O)(=O)C[C@H]21. The monoisotopic (exact) mass is 350 g/mol. The van der Waals surface area contributed by atoms with E-state index in [1.54, 1.807) is 34.1 Å². The van der Waals surface area contributed by atoms with E-state index in [1.807, 2.05) is 19.9 Å². The molecular weight excluding hydrogens is 328 g/mol. The highest BCUT2D eigenvalue weighted by molar-refractivity contribution is 7.91. The Balaban J connectivity index is 1.90. The van der Waals surface area contributed by atoms with Crippen LogP contribution in [0.1, 0.15) is 24.2 Å². The van der Waals surface area contributed by atoms with Crippen LogP contribution in [0.25, 0.3) is 0 Å². The highest BCUT2D eigenvalue weighted by Crippen LogP contribution is 2.29. The van der Waals surface area contributed by atoms with E-state index in [4.69, 9.17) is 0 Å². The van der Waals surface area contributed by atoms with E-state index in [0.717, 1.165) is 0 Å². The minimum Gasteiger partial charge on any atom is -0.335 e. The second kappa shape index (κ2) is 6.20. The zero-order chi connectivity index (χ0) is 17.5. The Hall–Kier alpha value is -1.89. The summed E-state index contributed by atoms with van der Waals surface area (Å²) in [6, 6.07) is 7.96. The summed E-state index contributed by atoms with van der Waals surface area (Å²) in [5, 5.41) is 0. The van der Waals surface area contributed by atoms with E-state index >= 15 is 0 Å². The van der Waals surface area contributed by atoms with Gasteiger partial charge in [-0.2, -0.15) is 0 Å². The van der Waals surface area contributed by atoms with Crippen molar-refractivity contribution in [2.75, 3.05) is 24.6 Å². The molecule has 2 aliphatic rings. The van der Waals surface area contributed by atoms with Crippen molar-refractivity contribution in [3.63, 3.8) is 0 Å². The van der Waals surface area contributed by atoms with Crippen LogP contribution in [0.2, 0.25) is 0 Å². The molecule has 1 aromatic rings. The Morgan fingerprint density at radius 1 is 1.00 bits per heavy atom. The van der Waals surface area contributed by atoms with E-state index in [9.17, 15) is 18.0 Å². The number of carbonyl (C=O) groups is 2. The third-order valence-corrected chi connectivity index (χ3v) is 6.43. The molecule has 2 heterocycles. The third-order valence-electron chi connectivity index (χ3n) is 4.73. The molecule has 3 rings (SSSR count). The summed E-state index contributed by atoms with van der Waals surface area (Å²) in [5.41, 5.74) is 0.546. The molecule has 0 bridgehead atoms. The van der Waals surface area contributed by atoms with Crippen molar-refractivity contribution in [1.29, 1.82) is 0 Å². The van der Waals surface area contributed by atoms with Gasteiger partial charge < -0.3 is 9.80 Å². The lowest BCUT2D eigenvalue weighted by Crippen LogP contribution is -2.62. The molecule has 2 saturated heterocycles. The maximum Gasteiger partial charge on any atom is 0.254 e. The molecule has 0 aliphatic carbocycles. The molecule has 0 saturated carbocycles. The molecule has 7 heteroatoms. The normalized spacial score (nSPS) is 25.6. The van der Waals surface area contributed by atoms with E-state index in [-0.39, 0.29) is 29.2 Å². The largest absolute Gasteiger partial charge is 0.335 e. The van der Waals surface area contributed by atoms with E-state index in [1.165, 1.54) is 0 Å². The average molecular weight is 350 g/mol. The Kier molecular flexibility index (Phi) is 4.38. The first-order valence-corrected chi connectivity index (χ1v) is 9.99. The summed E-state index contributed by atoms with van der Waals surface area (Å²) < 4.78 is 24.3. The number of rotatable bonds is 2. The van der Waals surface area contributed by atoms with Crippen molar-refractivity contribution >= 4 is 21.7 Å². The van der Waals surface area contributed by atoms with Crippen LogP contribution < -0.4 is 0 Å². The summed E-state index contributed by atoms with van der Waals surface area (Å²) in [7, 11) is -3.26. The fourth-order valence-electron chi connectivity index (χ4n) is 3.56. The minimum atomic E-state index is -3.26. The van der Waals surface area contributed by atoms with Gasteiger partial charge in [0, 0.05) is 24.6 Å². The number of sulfone groups is 1. The van der Waals surface area contributed by atoms with Gasteiger partial charge >= 0.3 is 0 Å². The summed E-state index contributed by atoms with van der Waals surface area (Å²) in [4.78, 5) is 28.5. The predicted octanol–water partition coefficient (Wildman–Crippen LogP) is 0.793. The molecule has 0 unspecified atom stereocenters. The lowest BCUT2D eigenvalue weighted by molar-refractivity contribution is -0.139. The Bertz CT molecular complexity index is 745. The van der Waals surface area contributed by atoms with Crippen LogP contribution in [0.5, 0.6) is 0 Å². The van der Waals surface area contributed by atoms with Crippen molar-refractivity contribution in [3.05, 3.63) is 35.9 Å². The van der Waals surface area contributed by atoms with Gasteiger partial charge in [0.1, 0.15) is 0 Å². The van der Waals surface area contributed by atoms with Gasteiger partial charge in [0.25, 0.3) is 5.91 Å². The zero-order valence-electron chi connectivity index (χ0n) is 13.9. The van der Waals surface area contributed by atoms with Crippen molar-refractivity contribution in [1.82, 2.24) is 9.80 Å². The molecule has 24 heavy (non-hydrogen) atoms. The lowest BCUT2D eigenvalue weighted by Gasteiger charge is -2.44. The van der Waals surface area contributed by atoms with Crippen molar-refractivity contribution in [3.8, 4) is 0 Å². The maximum absolute atomic E-state index is 12.8. The van der Waals surface area contributed by atoms with Crippen molar-refractivity contribution < 1.29 is 18.0 Å². The van der Waals surface area contributed by atoms with Crippen molar-refractivity contribution in [2.24, 2.45) is 5.92 Å². The second-order valence-electron chi connectivity index (χ2n) is 6.76. The van der Waals surface area contributed by atoms with E-state index < -0.39 is 21.9 Å². The van der Waals surface area contributed by atoms with Crippen LogP contribution >= 0.6 is 0 Å². The fraction of sp³-hybridized carbons (Fsp3) is 0.529. The topological polar surface area (TPSA) is 74.8 Å². The van der Waals surface area contributed by atoms with Gasteiger partial charge in [0.2, 0.25) is 5.91 Å². The van der Waals surface area contributed by atoms with Crippen LogP contribution in [0.4, 0.5) is 0 Å². The van der Waals surface area contributed by atoms with Crippen LogP contribution in [0, 0.1) is 5.92 Å². The quantitative estimate of drug-likeness (QED) is 0.790. The molecule has 130 valence electrons. The van der Waals surface area contributed by atoms with Gasteiger partial charge in [-0.15, -0.1) is 0 Å². The first-order valence-electron chi connectivity index (χ1n) is 8.17. The predicted molar refractivity (Wildman–Crippen MR) is 90.3 cm³/mol. The van der Waals surface area contributed by atoms with E-state index in [2.05, 4.69) is 0 Å². The standard InChI is InChI=1S/C17H22N2O4S/c1-12(2)16(20)18-8-9-19(15-11-24(22,23)10-14(15)18)17(21)13-6-4-3-5-7-13/h3-7,12,14-15H,8-11H2,1-2H3/t14-,15+/m1/s1. The first kappa shape index (κ1) is 17.0. The molecule has 0 aromatic heterocycles. The van der Waals surface area contributed by atoms with Gasteiger partial charge in [-0.25, -0.2) is 8.42 Å². The minimum absolute atomic E-state index is 0.0473. The summed E-state index contributed by atoms with van der Waals surface area (Å²) >= 11 is 0. The van der Waals surface area contributed by atoms with Gasteiger partial charge in [-0.05, 0) is 12.1 Å². The maximum atomic E-state index is 12.8. The molecule has 0 spiro atoms. The molecule has 2 atom stereocenters. The Labute approximate surface area is 142 Å². The smallest absolute Gasteiger partial charge is 0.254 e. The van der Waals surface area contributed by atoms with E-state index in [0.29, 0.717) is 18.7 Å². The fourth-order valence-corrected chi connectivity index (χ4v) is 5.54. The van der Waals surface area contributed by atoms with Crippen LogP contribution in [-0.4, -0.2) is 66.7 Å². The van der Waals surface area contributed by atoms with Gasteiger partial charge in [0.05, 0.1) is 23.6 Å². The van der Waals surface area contributed by atoms with Gasteiger partial charge in [-0.3, -0.25) is 9.59 Å². The number of piperazine rings is 1. The molecule has 0 N–H and O–H groups in total. The molecule has 2 aliphatic heterocycles. The number of nitrogens with zero attached hydrogens (tertiary/aromatic N) is 2. The number of fused-ring (bicyclic) bond motifs is 1. The number of carbonyl (C=O) groups excluding carboxylic acids is 2. The molecule has 1 aromatic carbocycles. The zero-order valence-corrected chi connectivity index (χ0v) is 14.7. The second-order valence-corrected chi connectivity index (χ2v) is 8.92. The highest BCUT2D eigenvalue weighted by Gasteiger charge is 2.49. The molecule has 2 fully saturated rings. The first-order chi connectivity index (χ1) is 11.3. The van der Waals surface area contributed by atoms with Crippen LogP contribution in [0.3, 0.4) is 0 Å². The van der Waals surface area contributed by atoms with Gasteiger partial charge in [-0.1, -0.05) is 32.0 Å². The number of amides is 2. The Morgan fingerprint density at radius 2 is 1.54 bits per heavy atom.